The molecule has 1 rings (SSSR count). The Balaban J connectivity index is 0.00000154. The summed E-state index contributed by atoms with van der Waals surface area (Å²) in [6, 6.07) is 0.863. The van der Waals surface area contributed by atoms with Crippen LogP contribution in [0.2, 0.25) is 0 Å². The number of rotatable bonds is 6. The van der Waals surface area contributed by atoms with Crippen molar-refractivity contribution in [2.75, 3.05) is 13.1 Å². The van der Waals surface area contributed by atoms with Crippen molar-refractivity contribution in [3.8, 4) is 0 Å². The van der Waals surface area contributed by atoms with Gasteiger partial charge in [0.1, 0.15) is 0 Å². The van der Waals surface area contributed by atoms with Crippen molar-refractivity contribution >= 4 is 5.91 Å². The highest BCUT2D eigenvalue weighted by Gasteiger charge is 2.27. The van der Waals surface area contributed by atoms with Gasteiger partial charge >= 0.3 is 0 Å². The van der Waals surface area contributed by atoms with E-state index in [0.717, 1.165) is 32.4 Å². The molecule has 0 aromatic carbocycles. The Hall–Kier alpha value is -0.990. The molecule has 3 heteroatoms. The molecule has 112 valence electrons. The summed E-state index contributed by atoms with van der Waals surface area (Å²) in [7, 11) is 0. The minimum atomic E-state index is 0.309. The van der Waals surface area contributed by atoms with Gasteiger partial charge in [-0.25, -0.2) is 0 Å². The summed E-state index contributed by atoms with van der Waals surface area (Å²) in [6.07, 6.45) is 2.70. The number of nitrogens with zero attached hydrogens (tertiary/aromatic N) is 2. The lowest BCUT2D eigenvalue weighted by molar-refractivity contribution is -0.128. The lowest BCUT2D eigenvalue weighted by Gasteiger charge is -2.33. The van der Waals surface area contributed by atoms with E-state index in [2.05, 4.69) is 39.2 Å². The van der Waals surface area contributed by atoms with E-state index in [1.807, 2.05) is 18.7 Å². The van der Waals surface area contributed by atoms with E-state index in [1.54, 1.807) is 0 Å². The summed E-state index contributed by atoms with van der Waals surface area (Å²) in [6.45, 7) is 18.5. The van der Waals surface area contributed by atoms with Crippen LogP contribution in [-0.2, 0) is 4.79 Å². The van der Waals surface area contributed by atoms with E-state index < -0.39 is 0 Å². The standard InChI is InChI=1S/C14H26N2O.C2H6/c1-6-12(4)15(11(2)3)9-10-16-13(5)7-8-14(16)17;1-2/h11,13H,4,6-10H2,1-3,5H3;1-2H3. The molecule has 0 aliphatic carbocycles. The summed E-state index contributed by atoms with van der Waals surface area (Å²) in [4.78, 5) is 16.0. The summed E-state index contributed by atoms with van der Waals surface area (Å²) in [5, 5.41) is 0. The van der Waals surface area contributed by atoms with Crippen LogP contribution in [0.1, 0.15) is 60.8 Å². The maximum Gasteiger partial charge on any atom is 0.222 e. The molecule has 19 heavy (non-hydrogen) atoms. The third-order valence-corrected chi connectivity index (χ3v) is 3.65. The van der Waals surface area contributed by atoms with E-state index in [0.29, 0.717) is 18.0 Å². The number of carbonyl (C=O) groups is 1. The summed E-state index contributed by atoms with van der Waals surface area (Å²) in [5.74, 6) is 0.309. The zero-order chi connectivity index (χ0) is 15.0. The van der Waals surface area contributed by atoms with Crippen LogP contribution in [0.15, 0.2) is 12.3 Å². The fourth-order valence-corrected chi connectivity index (χ4v) is 2.42. The summed E-state index contributed by atoms with van der Waals surface area (Å²) < 4.78 is 0. The Morgan fingerprint density at radius 1 is 1.47 bits per heavy atom. The molecular formula is C16H32N2O. The lowest BCUT2D eigenvalue weighted by Crippen LogP contribution is -2.40. The third kappa shape index (κ3) is 5.25. The van der Waals surface area contributed by atoms with Crippen molar-refractivity contribution < 1.29 is 4.79 Å². The van der Waals surface area contributed by atoms with Gasteiger partial charge in [0.05, 0.1) is 0 Å². The quantitative estimate of drug-likeness (QED) is 0.734. The van der Waals surface area contributed by atoms with Crippen molar-refractivity contribution in [2.24, 2.45) is 0 Å². The number of hydrogen-bond donors (Lipinski definition) is 0. The molecule has 0 saturated carbocycles. The Kier molecular flexibility index (Phi) is 8.53. The first kappa shape index (κ1) is 18.0. The Bertz CT molecular complexity index is 286. The minimum absolute atomic E-state index is 0.309. The van der Waals surface area contributed by atoms with Gasteiger partial charge in [-0.3, -0.25) is 4.79 Å². The molecule has 1 heterocycles. The van der Waals surface area contributed by atoms with Crippen LogP contribution in [0.5, 0.6) is 0 Å². The van der Waals surface area contributed by atoms with Crippen LogP contribution in [0.25, 0.3) is 0 Å². The van der Waals surface area contributed by atoms with Crippen LogP contribution in [-0.4, -0.2) is 40.9 Å². The second-order valence-electron chi connectivity index (χ2n) is 5.18. The molecule has 0 aromatic heterocycles. The number of amides is 1. The first-order valence-corrected chi connectivity index (χ1v) is 7.71. The Labute approximate surface area is 119 Å². The smallest absolute Gasteiger partial charge is 0.222 e. The number of hydrogen-bond acceptors (Lipinski definition) is 2. The second kappa shape index (κ2) is 9.00. The third-order valence-electron chi connectivity index (χ3n) is 3.65. The fourth-order valence-electron chi connectivity index (χ4n) is 2.42. The molecule has 1 aliphatic rings. The average molecular weight is 268 g/mol. The molecule has 0 spiro atoms. The molecule has 1 fully saturated rings. The van der Waals surface area contributed by atoms with Gasteiger partial charge in [-0.2, -0.15) is 0 Å². The molecule has 1 unspecified atom stereocenters. The molecule has 1 amide bonds. The van der Waals surface area contributed by atoms with Crippen molar-refractivity contribution in [3.05, 3.63) is 12.3 Å². The van der Waals surface area contributed by atoms with E-state index in [1.165, 1.54) is 5.70 Å². The van der Waals surface area contributed by atoms with Gasteiger partial charge in [-0.1, -0.05) is 27.4 Å². The predicted molar refractivity (Wildman–Crippen MR) is 83.0 cm³/mol. The molecule has 1 atom stereocenters. The first-order valence-electron chi connectivity index (χ1n) is 7.71. The lowest BCUT2D eigenvalue weighted by atomic mass is 10.2. The van der Waals surface area contributed by atoms with E-state index in [9.17, 15) is 4.79 Å². The molecular weight excluding hydrogens is 236 g/mol. The largest absolute Gasteiger partial charge is 0.371 e. The van der Waals surface area contributed by atoms with Crippen LogP contribution >= 0.6 is 0 Å². The molecule has 1 saturated heterocycles. The number of allylic oxidation sites excluding steroid dienone is 1. The zero-order valence-corrected chi connectivity index (χ0v) is 13.7. The monoisotopic (exact) mass is 268 g/mol. The normalized spacial score (nSPS) is 18.4. The van der Waals surface area contributed by atoms with Crippen LogP contribution in [0.3, 0.4) is 0 Å². The van der Waals surface area contributed by atoms with Gasteiger partial charge in [0.25, 0.3) is 0 Å². The molecule has 0 aromatic rings. The fraction of sp³-hybridized carbons (Fsp3) is 0.812. The molecule has 0 radical (unpaired) electrons. The van der Waals surface area contributed by atoms with Crippen LogP contribution in [0.4, 0.5) is 0 Å². The first-order chi connectivity index (χ1) is 8.97. The maximum absolute atomic E-state index is 11.7. The SMILES string of the molecule is C=C(CC)N(CCN1C(=O)CCC1C)C(C)C.CC. The highest BCUT2D eigenvalue weighted by atomic mass is 16.2. The summed E-state index contributed by atoms with van der Waals surface area (Å²) in [5.41, 5.74) is 1.17. The van der Waals surface area contributed by atoms with Gasteiger partial charge in [0, 0.05) is 37.3 Å². The van der Waals surface area contributed by atoms with Crippen molar-refractivity contribution in [1.29, 1.82) is 0 Å². The second-order valence-corrected chi connectivity index (χ2v) is 5.18. The number of likely N-dealkylation sites (tertiary alicyclic amines) is 1. The van der Waals surface area contributed by atoms with Gasteiger partial charge in [0.15, 0.2) is 0 Å². The molecule has 1 aliphatic heterocycles. The van der Waals surface area contributed by atoms with Crippen LogP contribution in [0, 0.1) is 0 Å². The van der Waals surface area contributed by atoms with Crippen molar-refractivity contribution in [3.63, 3.8) is 0 Å². The highest BCUT2D eigenvalue weighted by molar-refractivity contribution is 5.78. The topological polar surface area (TPSA) is 23.6 Å². The molecule has 3 nitrogen and oxygen atoms in total. The van der Waals surface area contributed by atoms with Gasteiger partial charge < -0.3 is 9.80 Å². The van der Waals surface area contributed by atoms with E-state index in [4.69, 9.17) is 0 Å². The van der Waals surface area contributed by atoms with Gasteiger partial charge in [-0.05, 0) is 33.6 Å². The van der Waals surface area contributed by atoms with Crippen LogP contribution < -0.4 is 0 Å². The minimum Gasteiger partial charge on any atom is -0.371 e. The van der Waals surface area contributed by atoms with Crippen molar-refractivity contribution in [1.82, 2.24) is 9.80 Å². The Morgan fingerprint density at radius 3 is 2.42 bits per heavy atom. The highest BCUT2D eigenvalue weighted by Crippen LogP contribution is 2.18. The zero-order valence-electron chi connectivity index (χ0n) is 13.7. The molecule has 0 bridgehead atoms. The number of carbonyl (C=O) groups excluding carboxylic acids is 1. The van der Waals surface area contributed by atoms with E-state index >= 15 is 0 Å². The van der Waals surface area contributed by atoms with Gasteiger partial charge in [-0.15, -0.1) is 0 Å². The van der Waals surface area contributed by atoms with Gasteiger partial charge in [0.2, 0.25) is 5.91 Å². The van der Waals surface area contributed by atoms with Crippen molar-refractivity contribution in [2.45, 2.75) is 72.9 Å². The molecule has 0 N–H and O–H groups in total. The average Bonchev–Trinajstić information content (AvgIpc) is 2.72. The summed E-state index contributed by atoms with van der Waals surface area (Å²) >= 11 is 0. The van der Waals surface area contributed by atoms with E-state index in [-0.39, 0.29) is 0 Å². The Morgan fingerprint density at radius 2 is 2.05 bits per heavy atom. The predicted octanol–water partition coefficient (Wildman–Crippen LogP) is 3.66. The maximum atomic E-state index is 11.7.